The Balaban J connectivity index is 1.23. The second-order valence-corrected chi connectivity index (χ2v) is 11.3. The number of nitrogens with zero attached hydrogens (tertiary/aromatic N) is 2. The predicted molar refractivity (Wildman–Crippen MR) is 135 cm³/mol. The molecule has 5 rings (SSSR count). The van der Waals surface area contributed by atoms with Crippen LogP contribution in [0.1, 0.15) is 67.8 Å². The number of carbonyl (C=O) groups is 3. The fraction of sp³-hybridized carbons (Fsp3) is 0.679. The third-order valence-corrected chi connectivity index (χ3v) is 8.27. The molecule has 36 heavy (non-hydrogen) atoms. The van der Waals surface area contributed by atoms with Crippen LogP contribution in [0.5, 0.6) is 0 Å². The molecule has 0 radical (unpaired) electrons. The van der Waals surface area contributed by atoms with E-state index in [9.17, 15) is 14.4 Å². The molecule has 2 amide bonds. The number of amides is 2. The van der Waals surface area contributed by atoms with E-state index in [4.69, 9.17) is 9.47 Å². The van der Waals surface area contributed by atoms with Crippen LogP contribution in [0.2, 0.25) is 0 Å². The van der Waals surface area contributed by atoms with Gasteiger partial charge in [0.25, 0.3) is 5.91 Å². The Morgan fingerprint density at radius 3 is 2.42 bits per heavy atom. The van der Waals surface area contributed by atoms with Gasteiger partial charge in [0, 0.05) is 18.7 Å². The summed E-state index contributed by atoms with van der Waals surface area (Å²) in [5.41, 5.74) is 1.83. The number of rotatable bonds is 8. The zero-order valence-electron chi connectivity index (χ0n) is 21.7. The van der Waals surface area contributed by atoms with Crippen molar-refractivity contribution in [3.63, 3.8) is 0 Å². The lowest BCUT2D eigenvalue weighted by molar-refractivity contribution is -0.138. The molecule has 0 unspecified atom stereocenters. The van der Waals surface area contributed by atoms with Crippen molar-refractivity contribution in [2.75, 3.05) is 33.4 Å². The Bertz CT molecular complexity index is 968. The summed E-state index contributed by atoms with van der Waals surface area (Å²) in [4.78, 5) is 43.4. The standard InChI is InChI=1S/C28H39N3O5/c1-17(2)14-22(28(34)31-15-24(35-3)26-25(31)23(32)16-36-26)29-27(33)20-6-4-18(5-7-20)19-10-12-30(13-11-19)21-8-9-21/h4-7,17,19,21-22,24-26H,8-16H2,1-3H3,(H,29,33)/t22-,24+,25+,26+/m0/s1. The van der Waals surface area contributed by atoms with E-state index in [1.807, 2.05) is 26.0 Å². The zero-order valence-corrected chi connectivity index (χ0v) is 21.7. The van der Waals surface area contributed by atoms with Gasteiger partial charge in [-0.3, -0.25) is 14.4 Å². The maximum atomic E-state index is 13.6. The van der Waals surface area contributed by atoms with E-state index in [1.165, 1.54) is 18.4 Å². The Hall–Kier alpha value is -2.29. The van der Waals surface area contributed by atoms with Crippen molar-refractivity contribution in [1.82, 2.24) is 15.1 Å². The molecule has 8 nitrogen and oxygen atoms in total. The van der Waals surface area contributed by atoms with Crippen molar-refractivity contribution < 1.29 is 23.9 Å². The minimum absolute atomic E-state index is 0.00780. The van der Waals surface area contributed by atoms with Gasteiger partial charge in [-0.2, -0.15) is 0 Å². The van der Waals surface area contributed by atoms with E-state index >= 15 is 0 Å². The first-order valence-electron chi connectivity index (χ1n) is 13.5. The van der Waals surface area contributed by atoms with Crippen LogP contribution in [0.3, 0.4) is 0 Å². The fourth-order valence-electron chi connectivity index (χ4n) is 6.13. The molecule has 1 N–H and O–H groups in total. The fourth-order valence-corrected chi connectivity index (χ4v) is 6.13. The van der Waals surface area contributed by atoms with Crippen LogP contribution < -0.4 is 5.32 Å². The first-order valence-corrected chi connectivity index (χ1v) is 13.5. The highest BCUT2D eigenvalue weighted by Gasteiger charge is 2.53. The Kier molecular flexibility index (Phi) is 7.47. The van der Waals surface area contributed by atoms with E-state index in [-0.39, 0.29) is 42.8 Å². The van der Waals surface area contributed by atoms with E-state index in [1.54, 1.807) is 12.0 Å². The molecule has 4 atom stereocenters. The molecular weight excluding hydrogens is 458 g/mol. The van der Waals surface area contributed by atoms with E-state index in [0.29, 0.717) is 17.9 Å². The monoisotopic (exact) mass is 497 g/mol. The normalized spacial score (nSPS) is 27.9. The number of Topliss-reactive ketones (excluding diaryl/α,β-unsaturated/α-hetero) is 1. The van der Waals surface area contributed by atoms with Gasteiger partial charge in [0.2, 0.25) is 5.91 Å². The zero-order chi connectivity index (χ0) is 25.4. The number of fused-ring (bicyclic) bond motifs is 1. The highest BCUT2D eigenvalue weighted by molar-refractivity contribution is 5.99. The Labute approximate surface area is 213 Å². The third kappa shape index (κ3) is 5.22. The van der Waals surface area contributed by atoms with Crippen molar-refractivity contribution >= 4 is 17.6 Å². The van der Waals surface area contributed by atoms with Crippen molar-refractivity contribution in [3.05, 3.63) is 35.4 Å². The van der Waals surface area contributed by atoms with Gasteiger partial charge in [-0.15, -0.1) is 0 Å². The maximum absolute atomic E-state index is 13.6. The molecule has 8 heteroatoms. The summed E-state index contributed by atoms with van der Waals surface area (Å²) in [6, 6.07) is 7.34. The summed E-state index contributed by atoms with van der Waals surface area (Å²) in [7, 11) is 1.56. The van der Waals surface area contributed by atoms with Crippen molar-refractivity contribution in [2.45, 2.75) is 82.2 Å². The van der Waals surface area contributed by atoms with Gasteiger partial charge in [-0.05, 0) is 74.7 Å². The number of methoxy groups -OCH3 is 1. The molecule has 1 aromatic carbocycles. The number of likely N-dealkylation sites (tertiary alicyclic amines) is 2. The average molecular weight is 498 g/mol. The van der Waals surface area contributed by atoms with Crippen LogP contribution in [0, 0.1) is 5.92 Å². The summed E-state index contributed by atoms with van der Waals surface area (Å²) in [6.45, 7) is 6.63. The molecular formula is C28H39N3O5. The predicted octanol–water partition coefficient (Wildman–Crippen LogP) is 2.37. The number of ketones is 1. The van der Waals surface area contributed by atoms with Gasteiger partial charge in [0.05, 0.1) is 6.54 Å². The van der Waals surface area contributed by atoms with E-state index in [2.05, 4.69) is 22.3 Å². The molecule has 0 spiro atoms. The lowest BCUT2D eigenvalue weighted by Crippen LogP contribution is -2.52. The molecule has 4 fully saturated rings. The van der Waals surface area contributed by atoms with Crippen LogP contribution in [0.15, 0.2) is 24.3 Å². The Morgan fingerprint density at radius 1 is 1.11 bits per heavy atom. The maximum Gasteiger partial charge on any atom is 0.251 e. The van der Waals surface area contributed by atoms with Crippen LogP contribution in [0.4, 0.5) is 0 Å². The van der Waals surface area contributed by atoms with E-state index in [0.717, 1.165) is 32.0 Å². The number of benzene rings is 1. The molecule has 1 aromatic rings. The molecule has 3 heterocycles. The SMILES string of the molecule is CO[C@@H]1CN(C(=O)[C@H](CC(C)C)NC(=O)c2ccc(C3CCN(C4CC4)CC3)cc2)[C@@H]2C(=O)CO[C@@H]21. The molecule has 0 bridgehead atoms. The molecule has 3 saturated heterocycles. The van der Waals surface area contributed by atoms with Crippen LogP contribution >= 0.6 is 0 Å². The number of hydrogen-bond acceptors (Lipinski definition) is 6. The smallest absolute Gasteiger partial charge is 0.251 e. The summed E-state index contributed by atoms with van der Waals surface area (Å²) < 4.78 is 11.1. The third-order valence-electron chi connectivity index (χ3n) is 8.27. The molecule has 196 valence electrons. The topological polar surface area (TPSA) is 88.2 Å². The largest absolute Gasteiger partial charge is 0.377 e. The van der Waals surface area contributed by atoms with Crippen molar-refractivity contribution in [3.8, 4) is 0 Å². The highest BCUT2D eigenvalue weighted by Crippen LogP contribution is 2.35. The molecule has 1 saturated carbocycles. The molecule has 1 aliphatic carbocycles. The summed E-state index contributed by atoms with van der Waals surface area (Å²) in [6.07, 6.45) is 4.74. The Morgan fingerprint density at radius 2 is 1.81 bits per heavy atom. The number of hydrogen-bond donors (Lipinski definition) is 1. The molecule has 4 aliphatic rings. The number of piperidine rings is 1. The highest BCUT2D eigenvalue weighted by atomic mass is 16.5. The van der Waals surface area contributed by atoms with Gasteiger partial charge in [-0.1, -0.05) is 26.0 Å². The summed E-state index contributed by atoms with van der Waals surface area (Å²) in [5.74, 6) is 0.105. The second-order valence-electron chi connectivity index (χ2n) is 11.3. The first-order chi connectivity index (χ1) is 17.4. The van der Waals surface area contributed by atoms with Crippen molar-refractivity contribution in [2.24, 2.45) is 5.92 Å². The minimum atomic E-state index is -0.714. The van der Waals surface area contributed by atoms with Gasteiger partial charge in [0.15, 0.2) is 5.78 Å². The number of nitrogens with one attached hydrogen (secondary N) is 1. The van der Waals surface area contributed by atoms with Gasteiger partial charge < -0.3 is 24.6 Å². The number of carbonyl (C=O) groups excluding carboxylic acids is 3. The van der Waals surface area contributed by atoms with Crippen LogP contribution in [-0.2, 0) is 19.1 Å². The molecule has 3 aliphatic heterocycles. The first kappa shape index (κ1) is 25.4. The summed E-state index contributed by atoms with van der Waals surface area (Å²) in [5, 5.41) is 2.96. The van der Waals surface area contributed by atoms with Gasteiger partial charge >= 0.3 is 0 Å². The number of ether oxygens (including phenoxy) is 2. The van der Waals surface area contributed by atoms with Crippen LogP contribution in [-0.4, -0.2) is 91.1 Å². The summed E-state index contributed by atoms with van der Waals surface area (Å²) >= 11 is 0. The molecule has 0 aromatic heterocycles. The average Bonchev–Trinajstić information content (AvgIpc) is 3.57. The lowest BCUT2D eigenvalue weighted by atomic mass is 9.89. The van der Waals surface area contributed by atoms with Gasteiger partial charge in [0.1, 0.15) is 30.9 Å². The van der Waals surface area contributed by atoms with Gasteiger partial charge in [-0.25, -0.2) is 0 Å². The van der Waals surface area contributed by atoms with Crippen molar-refractivity contribution in [1.29, 1.82) is 0 Å². The minimum Gasteiger partial charge on any atom is -0.377 e. The van der Waals surface area contributed by atoms with E-state index < -0.39 is 18.2 Å². The second kappa shape index (κ2) is 10.6. The van der Waals surface area contributed by atoms with Crippen LogP contribution in [0.25, 0.3) is 0 Å². The quantitative estimate of drug-likeness (QED) is 0.593. The lowest BCUT2D eigenvalue weighted by Gasteiger charge is -2.32.